The number of hydrogen-bond acceptors (Lipinski definition) is 3. The summed E-state index contributed by atoms with van der Waals surface area (Å²) in [7, 11) is 4.23. The highest BCUT2D eigenvalue weighted by atomic mass is 127. The average Bonchev–Trinajstić information content (AvgIpc) is 2.63. The molecule has 1 heterocycles. The number of guanidine groups is 1. The van der Waals surface area contributed by atoms with Crippen molar-refractivity contribution in [3.63, 3.8) is 0 Å². The largest absolute Gasteiger partial charge is 0.357 e. The van der Waals surface area contributed by atoms with E-state index < -0.39 is 0 Å². The van der Waals surface area contributed by atoms with Gasteiger partial charge in [-0.25, -0.2) is 0 Å². The first-order valence-electron chi connectivity index (χ1n) is 9.66. The predicted molar refractivity (Wildman–Crippen MR) is 123 cm³/mol. The number of piperidine rings is 1. The van der Waals surface area contributed by atoms with Crippen molar-refractivity contribution >= 4 is 29.9 Å². The van der Waals surface area contributed by atoms with Gasteiger partial charge in [0.1, 0.15) is 0 Å². The van der Waals surface area contributed by atoms with Crippen LogP contribution >= 0.6 is 24.0 Å². The van der Waals surface area contributed by atoms with Crippen molar-refractivity contribution in [2.45, 2.75) is 32.2 Å². The van der Waals surface area contributed by atoms with Crippen LogP contribution in [0.15, 0.2) is 35.3 Å². The lowest BCUT2D eigenvalue weighted by atomic mass is 10.1. The third-order valence-corrected chi connectivity index (χ3v) is 4.74. The molecular formula is C20H36IN5. The summed E-state index contributed by atoms with van der Waals surface area (Å²) in [4.78, 5) is 9.61. The van der Waals surface area contributed by atoms with E-state index in [4.69, 9.17) is 4.99 Å². The second-order valence-electron chi connectivity index (χ2n) is 6.94. The standard InChI is InChI=1S/C20H35N5.HI/c1-4-21-20(22-13-16-25-14-9-6-10-15-25)23-17-19(24(2)3)18-11-7-5-8-12-18;/h5,7-8,11-12,19H,4,6,9-10,13-17H2,1-3H3,(H2,21,22,23);1H. The van der Waals surface area contributed by atoms with E-state index in [1.165, 1.54) is 37.9 Å². The zero-order valence-electron chi connectivity index (χ0n) is 16.6. The zero-order valence-corrected chi connectivity index (χ0v) is 18.9. The van der Waals surface area contributed by atoms with Crippen molar-refractivity contribution in [1.82, 2.24) is 20.4 Å². The number of likely N-dealkylation sites (N-methyl/N-ethyl adjacent to an activating group) is 1. The van der Waals surface area contributed by atoms with Crippen LogP contribution in [0.2, 0.25) is 0 Å². The number of likely N-dealkylation sites (tertiary alicyclic amines) is 1. The van der Waals surface area contributed by atoms with Crippen LogP contribution in [0, 0.1) is 0 Å². The summed E-state index contributed by atoms with van der Waals surface area (Å²) in [5, 5.41) is 6.86. The van der Waals surface area contributed by atoms with Gasteiger partial charge in [-0.2, -0.15) is 0 Å². The van der Waals surface area contributed by atoms with Crippen LogP contribution in [0.1, 0.15) is 37.8 Å². The van der Waals surface area contributed by atoms with Crippen LogP contribution in [0.3, 0.4) is 0 Å². The molecule has 0 amide bonds. The quantitative estimate of drug-likeness (QED) is 0.346. The smallest absolute Gasteiger partial charge is 0.191 e. The van der Waals surface area contributed by atoms with Crippen LogP contribution in [-0.2, 0) is 0 Å². The van der Waals surface area contributed by atoms with Gasteiger partial charge in [-0.05, 0) is 52.5 Å². The molecule has 1 aliphatic rings. The molecule has 1 aromatic rings. The van der Waals surface area contributed by atoms with E-state index >= 15 is 0 Å². The van der Waals surface area contributed by atoms with Crippen LogP contribution in [0.5, 0.6) is 0 Å². The maximum Gasteiger partial charge on any atom is 0.191 e. The topological polar surface area (TPSA) is 42.9 Å². The lowest BCUT2D eigenvalue weighted by Gasteiger charge is -2.27. The van der Waals surface area contributed by atoms with Crippen molar-refractivity contribution in [3.05, 3.63) is 35.9 Å². The summed E-state index contributed by atoms with van der Waals surface area (Å²) in [5.74, 6) is 0.919. The Bertz CT molecular complexity index is 500. The molecule has 2 rings (SSSR count). The Hall–Kier alpha value is -0.860. The predicted octanol–water partition coefficient (Wildman–Crippen LogP) is 2.95. The lowest BCUT2D eigenvalue weighted by Crippen LogP contribution is -2.43. The molecule has 1 aliphatic heterocycles. The molecule has 1 saturated heterocycles. The fourth-order valence-corrected chi connectivity index (χ4v) is 3.28. The van der Waals surface area contributed by atoms with E-state index in [1.54, 1.807) is 0 Å². The molecule has 0 bridgehead atoms. The molecule has 0 radical (unpaired) electrons. The molecule has 0 aliphatic carbocycles. The van der Waals surface area contributed by atoms with Gasteiger partial charge < -0.3 is 20.4 Å². The maximum atomic E-state index is 4.83. The number of nitrogens with one attached hydrogen (secondary N) is 2. The molecule has 6 heteroatoms. The first-order valence-corrected chi connectivity index (χ1v) is 9.66. The minimum Gasteiger partial charge on any atom is -0.357 e. The Balaban J connectivity index is 0.00000338. The van der Waals surface area contributed by atoms with Crippen LogP contribution in [0.25, 0.3) is 0 Å². The average molecular weight is 473 g/mol. The van der Waals surface area contributed by atoms with Crippen molar-refractivity contribution in [3.8, 4) is 0 Å². The summed E-state index contributed by atoms with van der Waals surface area (Å²) in [6.45, 7) is 8.27. The van der Waals surface area contributed by atoms with Crippen molar-refractivity contribution in [2.24, 2.45) is 4.99 Å². The highest BCUT2D eigenvalue weighted by molar-refractivity contribution is 14.0. The minimum absolute atomic E-state index is 0. The SMILES string of the molecule is CCNC(=NCC(c1ccccc1)N(C)C)NCCN1CCCCC1.I. The number of halogens is 1. The highest BCUT2D eigenvalue weighted by Crippen LogP contribution is 2.17. The number of benzene rings is 1. The fraction of sp³-hybridized carbons (Fsp3) is 0.650. The van der Waals surface area contributed by atoms with Crippen molar-refractivity contribution in [2.75, 3.05) is 53.4 Å². The molecule has 0 saturated carbocycles. The van der Waals surface area contributed by atoms with Gasteiger partial charge >= 0.3 is 0 Å². The molecule has 2 N–H and O–H groups in total. The molecular weight excluding hydrogens is 437 g/mol. The summed E-state index contributed by atoms with van der Waals surface area (Å²) in [6.07, 6.45) is 4.07. The van der Waals surface area contributed by atoms with E-state index in [-0.39, 0.29) is 24.0 Å². The lowest BCUT2D eigenvalue weighted by molar-refractivity contribution is 0.232. The maximum absolute atomic E-state index is 4.83. The number of rotatable bonds is 8. The molecule has 26 heavy (non-hydrogen) atoms. The van der Waals surface area contributed by atoms with Crippen LogP contribution in [0.4, 0.5) is 0 Å². The monoisotopic (exact) mass is 473 g/mol. The van der Waals surface area contributed by atoms with Crippen molar-refractivity contribution in [1.29, 1.82) is 0 Å². The van der Waals surface area contributed by atoms with Gasteiger partial charge in [0.05, 0.1) is 12.6 Å². The Morgan fingerprint density at radius 3 is 2.42 bits per heavy atom. The molecule has 0 aromatic heterocycles. The molecule has 5 nitrogen and oxygen atoms in total. The molecule has 0 spiro atoms. The minimum atomic E-state index is 0. The van der Waals surface area contributed by atoms with Gasteiger partial charge in [-0.3, -0.25) is 4.99 Å². The number of aliphatic imine (C=N–C) groups is 1. The van der Waals surface area contributed by atoms with Crippen LogP contribution < -0.4 is 10.6 Å². The van der Waals surface area contributed by atoms with E-state index in [2.05, 4.69) is 71.8 Å². The molecule has 1 aromatic carbocycles. The molecule has 1 unspecified atom stereocenters. The third-order valence-electron chi connectivity index (χ3n) is 4.74. The fourth-order valence-electron chi connectivity index (χ4n) is 3.28. The Morgan fingerprint density at radius 2 is 1.81 bits per heavy atom. The Kier molecular flexibility index (Phi) is 11.9. The van der Waals surface area contributed by atoms with E-state index in [0.717, 1.165) is 32.1 Å². The third kappa shape index (κ3) is 8.22. The Labute approximate surface area is 176 Å². The summed E-state index contributed by atoms with van der Waals surface area (Å²) in [6, 6.07) is 10.9. The van der Waals surface area contributed by atoms with Crippen LogP contribution in [-0.4, -0.2) is 69.1 Å². The number of nitrogens with zero attached hydrogens (tertiary/aromatic N) is 3. The summed E-state index contributed by atoms with van der Waals surface area (Å²) < 4.78 is 0. The van der Waals surface area contributed by atoms with E-state index in [9.17, 15) is 0 Å². The van der Waals surface area contributed by atoms with Gasteiger partial charge in [0.25, 0.3) is 0 Å². The van der Waals surface area contributed by atoms with Gasteiger partial charge in [-0.15, -0.1) is 24.0 Å². The van der Waals surface area contributed by atoms with Gasteiger partial charge in [-0.1, -0.05) is 36.8 Å². The summed E-state index contributed by atoms with van der Waals surface area (Å²) >= 11 is 0. The molecule has 1 fully saturated rings. The first kappa shape index (κ1) is 23.2. The normalized spacial score (nSPS) is 16.8. The second kappa shape index (κ2) is 13.3. The van der Waals surface area contributed by atoms with Gasteiger partial charge in [0, 0.05) is 19.6 Å². The van der Waals surface area contributed by atoms with Crippen molar-refractivity contribution < 1.29 is 0 Å². The zero-order chi connectivity index (χ0) is 17.9. The van der Waals surface area contributed by atoms with E-state index in [0.29, 0.717) is 6.04 Å². The molecule has 1 atom stereocenters. The van der Waals surface area contributed by atoms with Gasteiger partial charge in [0.2, 0.25) is 0 Å². The van der Waals surface area contributed by atoms with E-state index in [1.807, 2.05) is 0 Å². The second-order valence-corrected chi connectivity index (χ2v) is 6.94. The van der Waals surface area contributed by atoms with Gasteiger partial charge in [0.15, 0.2) is 5.96 Å². The Morgan fingerprint density at radius 1 is 1.12 bits per heavy atom. The first-order chi connectivity index (χ1) is 12.2. The number of hydrogen-bond donors (Lipinski definition) is 2. The highest BCUT2D eigenvalue weighted by Gasteiger charge is 2.14. The molecule has 148 valence electrons. The summed E-state index contributed by atoms with van der Waals surface area (Å²) in [5.41, 5.74) is 1.31.